The molecule has 0 radical (unpaired) electrons. The van der Waals surface area contributed by atoms with Gasteiger partial charge in [0.15, 0.2) is 5.82 Å². The number of nitrogens with two attached hydrogens (primary N) is 1. The van der Waals surface area contributed by atoms with E-state index in [-0.39, 0.29) is 5.82 Å². The van der Waals surface area contributed by atoms with Crippen molar-refractivity contribution < 1.29 is 9.66 Å². The van der Waals surface area contributed by atoms with Crippen LogP contribution in [0.15, 0.2) is 12.0 Å². The Morgan fingerprint density at radius 2 is 2.62 bits per heavy atom. The Kier molecular flexibility index (Phi) is 3.51. The number of hydrogen-bond donors (Lipinski definition) is 2. The van der Waals surface area contributed by atoms with Crippen molar-refractivity contribution in [1.82, 2.24) is 5.32 Å². The Labute approximate surface area is 75.9 Å². The van der Waals surface area contributed by atoms with Crippen LogP contribution < -0.4 is 11.1 Å². The molecule has 0 aliphatic carbocycles. The molecule has 0 bridgehead atoms. The molecule has 1 heterocycles. The average Bonchev–Trinajstić information content (AvgIpc) is 2.51. The van der Waals surface area contributed by atoms with E-state index < -0.39 is 4.92 Å². The van der Waals surface area contributed by atoms with Crippen LogP contribution in [0, 0.1) is 16.0 Å². The maximum atomic E-state index is 9.99. The first-order valence-electron chi connectivity index (χ1n) is 4.11. The highest BCUT2D eigenvalue weighted by molar-refractivity contribution is 4.88. The normalized spacial score (nSPS) is 23.1. The monoisotopic (exact) mass is 187 g/mol. The van der Waals surface area contributed by atoms with E-state index in [1.807, 2.05) is 0 Å². The number of hydrogen-bond acceptors (Lipinski definition) is 5. The van der Waals surface area contributed by atoms with Crippen LogP contribution in [0.4, 0.5) is 0 Å². The van der Waals surface area contributed by atoms with E-state index in [2.05, 4.69) is 5.32 Å². The summed E-state index contributed by atoms with van der Waals surface area (Å²) >= 11 is 0. The van der Waals surface area contributed by atoms with Crippen molar-refractivity contribution in [1.29, 1.82) is 0 Å². The topological polar surface area (TPSA) is 90.4 Å². The highest BCUT2D eigenvalue weighted by Crippen LogP contribution is 2.10. The van der Waals surface area contributed by atoms with Crippen molar-refractivity contribution in [3.8, 4) is 0 Å². The van der Waals surface area contributed by atoms with E-state index in [0.717, 1.165) is 19.2 Å². The zero-order valence-corrected chi connectivity index (χ0v) is 7.23. The van der Waals surface area contributed by atoms with Crippen LogP contribution in [0.5, 0.6) is 0 Å². The van der Waals surface area contributed by atoms with Gasteiger partial charge < -0.3 is 15.8 Å². The highest BCUT2D eigenvalue weighted by Gasteiger charge is 2.15. The lowest BCUT2D eigenvalue weighted by molar-refractivity contribution is -0.403. The summed E-state index contributed by atoms with van der Waals surface area (Å²) in [7, 11) is 0. The molecule has 1 rings (SSSR count). The van der Waals surface area contributed by atoms with Gasteiger partial charge in [0.1, 0.15) is 0 Å². The van der Waals surface area contributed by atoms with Gasteiger partial charge in [-0.25, -0.2) is 0 Å². The van der Waals surface area contributed by atoms with Crippen LogP contribution in [0.2, 0.25) is 0 Å². The van der Waals surface area contributed by atoms with Gasteiger partial charge in [0.05, 0.1) is 11.5 Å². The fourth-order valence-corrected chi connectivity index (χ4v) is 1.17. The maximum Gasteiger partial charge on any atom is 0.273 e. The summed E-state index contributed by atoms with van der Waals surface area (Å²) in [6.45, 7) is 2.11. The van der Waals surface area contributed by atoms with Gasteiger partial charge >= 0.3 is 0 Å². The van der Waals surface area contributed by atoms with E-state index in [4.69, 9.17) is 10.5 Å². The Balaban J connectivity index is 2.21. The molecule has 6 nitrogen and oxygen atoms in total. The van der Waals surface area contributed by atoms with Crippen LogP contribution >= 0.6 is 0 Å². The van der Waals surface area contributed by atoms with E-state index >= 15 is 0 Å². The molecule has 1 saturated heterocycles. The third-order valence-corrected chi connectivity index (χ3v) is 1.86. The first kappa shape index (κ1) is 9.79. The quantitative estimate of drug-likeness (QED) is 0.463. The van der Waals surface area contributed by atoms with E-state index in [1.165, 1.54) is 0 Å². The zero-order valence-electron chi connectivity index (χ0n) is 7.23. The van der Waals surface area contributed by atoms with Gasteiger partial charge in [0.2, 0.25) is 0 Å². The minimum atomic E-state index is -0.576. The largest absolute Gasteiger partial charge is 0.381 e. The fourth-order valence-electron chi connectivity index (χ4n) is 1.17. The van der Waals surface area contributed by atoms with Crippen molar-refractivity contribution in [2.45, 2.75) is 6.42 Å². The second kappa shape index (κ2) is 4.66. The molecule has 0 aromatic heterocycles. The Bertz CT molecular complexity index is 211. The molecule has 1 unspecified atom stereocenters. The summed E-state index contributed by atoms with van der Waals surface area (Å²) in [4.78, 5) is 9.41. The second-order valence-electron chi connectivity index (χ2n) is 2.98. The first-order valence-corrected chi connectivity index (χ1v) is 4.11. The molecule has 3 N–H and O–H groups in total. The minimum Gasteiger partial charge on any atom is -0.381 e. The van der Waals surface area contributed by atoms with Crippen molar-refractivity contribution in [3.05, 3.63) is 22.1 Å². The van der Waals surface area contributed by atoms with Crippen molar-refractivity contribution in [2.24, 2.45) is 11.7 Å². The van der Waals surface area contributed by atoms with Crippen molar-refractivity contribution >= 4 is 0 Å². The van der Waals surface area contributed by atoms with Crippen LogP contribution in [-0.4, -0.2) is 24.7 Å². The summed E-state index contributed by atoms with van der Waals surface area (Å²) in [5.74, 6) is 0.510. The minimum absolute atomic E-state index is 0.0944. The number of nitrogens with zero attached hydrogens (tertiary/aromatic N) is 1. The third kappa shape index (κ3) is 3.75. The van der Waals surface area contributed by atoms with Crippen LogP contribution in [0.25, 0.3) is 0 Å². The van der Waals surface area contributed by atoms with Crippen molar-refractivity contribution in [3.63, 3.8) is 0 Å². The molecule has 1 aliphatic rings. The summed E-state index contributed by atoms with van der Waals surface area (Å²) < 4.78 is 5.14. The molecule has 1 fully saturated rings. The van der Waals surface area contributed by atoms with Crippen LogP contribution in [-0.2, 0) is 4.74 Å². The van der Waals surface area contributed by atoms with Crippen molar-refractivity contribution in [2.75, 3.05) is 19.8 Å². The number of nitrogens with one attached hydrogen (secondary N) is 1. The van der Waals surface area contributed by atoms with Gasteiger partial charge in [-0.2, -0.15) is 0 Å². The number of ether oxygens (including phenoxy) is 1. The molecule has 0 aromatic rings. The fraction of sp³-hybridized carbons (Fsp3) is 0.714. The number of rotatable bonds is 4. The molecule has 1 aliphatic heterocycles. The molecular formula is C7H13N3O3. The Morgan fingerprint density at radius 1 is 1.85 bits per heavy atom. The average molecular weight is 187 g/mol. The van der Waals surface area contributed by atoms with Gasteiger partial charge in [-0.15, -0.1) is 0 Å². The van der Waals surface area contributed by atoms with E-state index in [9.17, 15) is 10.1 Å². The highest BCUT2D eigenvalue weighted by atomic mass is 16.6. The van der Waals surface area contributed by atoms with E-state index in [1.54, 1.807) is 0 Å². The lowest BCUT2D eigenvalue weighted by Crippen LogP contribution is -2.27. The molecule has 1 atom stereocenters. The lowest BCUT2D eigenvalue weighted by atomic mass is 10.1. The maximum absolute atomic E-state index is 9.99. The van der Waals surface area contributed by atoms with E-state index in [0.29, 0.717) is 19.1 Å². The third-order valence-electron chi connectivity index (χ3n) is 1.86. The smallest absolute Gasteiger partial charge is 0.273 e. The molecule has 74 valence electrons. The van der Waals surface area contributed by atoms with Gasteiger partial charge in [-0.3, -0.25) is 10.1 Å². The Morgan fingerprint density at radius 3 is 3.15 bits per heavy atom. The van der Waals surface area contributed by atoms with Gasteiger partial charge in [0.25, 0.3) is 6.20 Å². The Hall–Kier alpha value is -1.30. The molecule has 6 heteroatoms. The number of nitro groups is 1. The molecule has 0 aromatic carbocycles. The molecule has 0 amide bonds. The molecule has 13 heavy (non-hydrogen) atoms. The lowest BCUT2D eigenvalue weighted by Gasteiger charge is -2.08. The van der Waals surface area contributed by atoms with Crippen LogP contribution in [0.3, 0.4) is 0 Å². The SMILES string of the molecule is N/C(=C\[N+](=O)[O-])NCC1CCOC1. The van der Waals surface area contributed by atoms with Gasteiger partial charge in [0, 0.05) is 19.1 Å². The predicted molar refractivity (Wildman–Crippen MR) is 46.2 cm³/mol. The summed E-state index contributed by atoms with van der Waals surface area (Å²) in [6, 6.07) is 0. The van der Waals surface area contributed by atoms with Gasteiger partial charge in [-0.05, 0) is 6.42 Å². The summed E-state index contributed by atoms with van der Waals surface area (Å²) in [5.41, 5.74) is 5.32. The van der Waals surface area contributed by atoms with Gasteiger partial charge in [-0.1, -0.05) is 0 Å². The predicted octanol–water partition coefficient (Wildman–Crippen LogP) is -0.353. The standard InChI is InChI=1S/C7H13N3O3/c8-7(4-10(11)12)9-3-6-1-2-13-5-6/h4,6,9H,1-3,5,8H2/b7-4+. The molecular weight excluding hydrogens is 174 g/mol. The summed E-state index contributed by atoms with van der Waals surface area (Å²) in [6.07, 6.45) is 1.74. The zero-order chi connectivity index (χ0) is 9.68. The molecule has 0 saturated carbocycles. The molecule has 0 spiro atoms. The summed E-state index contributed by atoms with van der Waals surface area (Å²) in [5, 5.41) is 12.8. The van der Waals surface area contributed by atoms with Crippen LogP contribution in [0.1, 0.15) is 6.42 Å². The first-order chi connectivity index (χ1) is 6.18. The second-order valence-corrected chi connectivity index (χ2v) is 2.98.